The predicted octanol–water partition coefficient (Wildman–Crippen LogP) is 3.94. The summed E-state index contributed by atoms with van der Waals surface area (Å²) in [6.45, 7) is 0. The minimum atomic E-state index is -0.555. The zero-order chi connectivity index (χ0) is 17.7. The molecule has 0 fully saturated rings. The summed E-state index contributed by atoms with van der Waals surface area (Å²) in [7, 11) is 0. The average Bonchev–Trinajstić information content (AvgIpc) is 3.21. The first kappa shape index (κ1) is 15.9. The van der Waals surface area contributed by atoms with Gasteiger partial charge in [0.2, 0.25) is 0 Å². The van der Waals surface area contributed by atoms with E-state index in [-0.39, 0.29) is 15.8 Å². The molecule has 0 unspecified atom stereocenters. The van der Waals surface area contributed by atoms with Gasteiger partial charge in [-0.2, -0.15) is 17.5 Å². The van der Waals surface area contributed by atoms with Gasteiger partial charge in [0, 0.05) is 29.3 Å². The molecule has 25 heavy (non-hydrogen) atoms. The second-order valence-electron chi connectivity index (χ2n) is 4.86. The molecule has 0 radical (unpaired) electrons. The van der Waals surface area contributed by atoms with Gasteiger partial charge in [0.25, 0.3) is 11.4 Å². The van der Waals surface area contributed by atoms with Crippen molar-refractivity contribution in [1.29, 1.82) is 0 Å². The van der Waals surface area contributed by atoms with Crippen LogP contribution in [0.15, 0.2) is 22.7 Å². The highest BCUT2D eigenvalue weighted by Crippen LogP contribution is 2.43. The molecule has 0 amide bonds. The fraction of sp³-hybridized carbons (Fsp3) is 0. The first-order valence-corrected chi connectivity index (χ1v) is 8.73. The van der Waals surface area contributed by atoms with Gasteiger partial charge < -0.3 is 0 Å². The van der Waals surface area contributed by atoms with E-state index in [2.05, 4.69) is 33.4 Å². The summed E-state index contributed by atoms with van der Waals surface area (Å²) in [5.41, 5.74) is 1.75. The molecule has 124 valence electrons. The minimum absolute atomic E-state index is 0.160. The van der Waals surface area contributed by atoms with Crippen LogP contribution in [0.4, 0.5) is 11.4 Å². The van der Waals surface area contributed by atoms with Crippen molar-refractivity contribution in [2.45, 2.75) is 0 Å². The molecule has 2 heterocycles. The molecule has 0 bridgehead atoms. The van der Waals surface area contributed by atoms with Crippen LogP contribution in [-0.4, -0.2) is 27.3 Å². The van der Waals surface area contributed by atoms with Crippen molar-refractivity contribution in [1.82, 2.24) is 17.5 Å². The maximum absolute atomic E-state index is 11.4. The maximum atomic E-state index is 11.4. The number of hydrogen-bond donors (Lipinski definition) is 0. The zero-order valence-electron chi connectivity index (χ0n) is 11.7. The van der Waals surface area contributed by atoms with Gasteiger partial charge in [-0.3, -0.25) is 20.2 Å². The van der Waals surface area contributed by atoms with E-state index < -0.39 is 9.85 Å². The molecule has 0 aliphatic carbocycles. The van der Waals surface area contributed by atoms with Crippen molar-refractivity contribution in [3.63, 3.8) is 0 Å². The van der Waals surface area contributed by atoms with Crippen molar-refractivity contribution in [3.8, 4) is 11.1 Å². The molecule has 0 N–H and O–H groups in total. The van der Waals surface area contributed by atoms with E-state index in [0.717, 1.165) is 23.5 Å². The Hall–Kier alpha value is -2.64. The average molecular weight is 439 g/mol. The van der Waals surface area contributed by atoms with Crippen LogP contribution in [0.3, 0.4) is 0 Å². The van der Waals surface area contributed by atoms with Gasteiger partial charge in [-0.15, -0.1) is 0 Å². The fourth-order valence-corrected chi connectivity index (χ4v) is 4.17. The summed E-state index contributed by atoms with van der Waals surface area (Å²) < 4.78 is 16.6. The number of non-ortho nitro benzene ring substituents is 1. The van der Waals surface area contributed by atoms with E-state index in [1.54, 1.807) is 0 Å². The smallest absolute Gasteiger partial charge is 0.258 e. The highest BCUT2D eigenvalue weighted by atomic mass is 79.9. The van der Waals surface area contributed by atoms with Crippen LogP contribution < -0.4 is 0 Å². The largest absolute Gasteiger partial charge is 0.286 e. The highest BCUT2D eigenvalue weighted by Gasteiger charge is 2.26. The van der Waals surface area contributed by atoms with Gasteiger partial charge in [0.15, 0.2) is 0 Å². The van der Waals surface area contributed by atoms with Gasteiger partial charge in [0.1, 0.15) is 26.5 Å². The van der Waals surface area contributed by atoms with Crippen LogP contribution >= 0.6 is 39.4 Å². The quantitative estimate of drug-likeness (QED) is 0.346. The number of rotatable bonds is 3. The fourth-order valence-electron chi connectivity index (χ4n) is 2.44. The number of nitrogens with zero attached hydrogens (tertiary/aromatic N) is 6. The lowest BCUT2D eigenvalue weighted by molar-refractivity contribution is -0.385. The van der Waals surface area contributed by atoms with Crippen molar-refractivity contribution >= 4 is 72.8 Å². The number of benzene rings is 2. The Kier molecular flexibility index (Phi) is 3.63. The molecule has 10 nitrogen and oxygen atoms in total. The monoisotopic (exact) mass is 438 g/mol. The Morgan fingerprint density at radius 3 is 2.16 bits per heavy atom. The zero-order valence-corrected chi connectivity index (χ0v) is 15.0. The van der Waals surface area contributed by atoms with E-state index >= 15 is 0 Å². The van der Waals surface area contributed by atoms with Gasteiger partial charge in [-0.25, -0.2) is 0 Å². The van der Waals surface area contributed by atoms with Crippen LogP contribution in [0.1, 0.15) is 0 Å². The van der Waals surface area contributed by atoms with Crippen molar-refractivity contribution in [2.24, 2.45) is 0 Å². The van der Waals surface area contributed by atoms with Gasteiger partial charge in [-0.1, -0.05) is 0 Å². The van der Waals surface area contributed by atoms with Crippen LogP contribution in [0.2, 0.25) is 0 Å². The second-order valence-corrected chi connectivity index (χ2v) is 6.71. The molecule has 0 atom stereocenters. The van der Waals surface area contributed by atoms with Crippen molar-refractivity contribution in [2.75, 3.05) is 0 Å². The summed E-state index contributed by atoms with van der Waals surface area (Å²) in [6.07, 6.45) is 0. The van der Waals surface area contributed by atoms with Crippen LogP contribution in [0, 0.1) is 20.2 Å². The maximum Gasteiger partial charge on any atom is 0.286 e. The third-order valence-electron chi connectivity index (χ3n) is 3.49. The van der Waals surface area contributed by atoms with Crippen LogP contribution in [-0.2, 0) is 0 Å². The van der Waals surface area contributed by atoms with Gasteiger partial charge in [0.05, 0.1) is 33.3 Å². The number of fused-ring (bicyclic) bond motifs is 2. The summed E-state index contributed by atoms with van der Waals surface area (Å²) in [5, 5.41) is 22.6. The number of hydrogen-bond acceptors (Lipinski definition) is 10. The van der Waals surface area contributed by atoms with E-state index in [1.807, 2.05) is 0 Å². The summed E-state index contributed by atoms with van der Waals surface area (Å²) in [5.74, 6) is 0. The molecule has 0 aliphatic rings. The number of aromatic nitrogens is 4. The Morgan fingerprint density at radius 1 is 0.880 bits per heavy atom. The van der Waals surface area contributed by atoms with E-state index in [9.17, 15) is 20.2 Å². The number of halogens is 1. The molecule has 13 heteroatoms. The number of nitro groups is 2. The van der Waals surface area contributed by atoms with Crippen molar-refractivity contribution < 1.29 is 9.85 Å². The Bertz CT molecular complexity index is 1190. The van der Waals surface area contributed by atoms with Gasteiger partial charge in [-0.05, 0) is 15.9 Å². The summed E-state index contributed by atoms with van der Waals surface area (Å²) in [6, 6.07) is 3.93. The lowest BCUT2D eigenvalue weighted by Crippen LogP contribution is -1.95. The lowest BCUT2D eigenvalue weighted by Gasteiger charge is -2.07. The summed E-state index contributed by atoms with van der Waals surface area (Å²) >= 11 is 5.04. The third-order valence-corrected chi connectivity index (χ3v) is 5.38. The number of nitro benzene ring substituents is 2. The molecule has 0 saturated heterocycles. The Morgan fingerprint density at radius 2 is 1.52 bits per heavy atom. The van der Waals surface area contributed by atoms with Crippen LogP contribution in [0.5, 0.6) is 0 Å². The van der Waals surface area contributed by atoms with E-state index in [0.29, 0.717) is 33.2 Å². The molecule has 2 aromatic heterocycles. The molecular formula is C12H3BrN6O4S2. The first-order valence-electron chi connectivity index (χ1n) is 6.47. The predicted molar refractivity (Wildman–Crippen MR) is 94.8 cm³/mol. The SMILES string of the molecule is O=[N+]([O-])c1cc(-c2c(Br)c([N+](=O)[O-])cc3nsnc23)c2nsnc2c1. The lowest BCUT2D eigenvalue weighted by atomic mass is 10.0. The highest BCUT2D eigenvalue weighted by molar-refractivity contribution is 9.10. The standard InChI is InChI=1S/C12H3BrN6O4S2/c13-10-8(19(22)23)3-7-12(17-25-15-7)9(10)5-1-4(18(20)21)2-6-11(5)16-24-14-6/h1-3H. The molecular weight excluding hydrogens is 436 g/mol. The molecule has 2 aromatic carbocycles. The van der Waals surface area contributed by atoms with Gasteiger partial charge >= 0.3 is 0 Å². The van der Waals surface area contributed by atoms with E-state index in [4.69, 9.17) is 0 Å². The third kappa shape index (κ3) is 2.43. The van der Waals surface area contributed by atoms with Crippen molar-refractivity contribution in [3.05, 3.63) is 42.9 Å². The van der Waals surface area contributed by atoms with E-state index in [1.165, 1.54) is 18.2 Å². The first-order chi connectivity index (χ1) is 12.0. The Balaban J connectivity index is 2.18. The molecule has 0 saturated carbocycles. The normalized spacial score (nSPS) is 11.2. The minimum Gasteiger partial charge on any atom is -0.258 e. The Labute approximate surface area is 154 Å². The molecule has 0 spiro atoms. The second kappa shape index (κ2) is 5.72. The summed E-state index contributed by atoms with van der Waals surface area (Å²) in [4.78, 5) is 21.5. The van der Waals surface area contributed by atoms with Crippen LogP contribution in [0.25, 0.3) is 33.2 Å². The molecule has 4 rings (SSSR count). The molecule has 0 aliphatic heterocycles. The molecule has 4 aromatic rings. The topological polar surface area (TPSA) is 138 Å².